The van der Waals surface area contributed by atoms with Crippen LogP contribution in [0.1, 0.15) is 53.4 Å². The topological polar surface area (TPSA) is 15.3 Å². The van der Waals surface area contributed by atoms with E-state index in [0.29, 0.717) is 12.0 Å². The zero-order valence-corrected chi connectivity index (χ0v) is 12.6. The first-order chi connectivity index (χ1) is 8.52. The largest absolute Gasteiger partial charge is 0.309 e. The van der Waals surface area contributed by atoms with Crippen LogP contribution in [-0.2, 0) is 0 Å². The molecule has 2 nitrogen and oxygen atoms in total. The number of piperazine rings is 1. The molecule has 2 atom stereocenters. The molecule has 0 bridgehead atoms. The SMILES string of the molecule is C#CCCCCN1CC(C)(CC)NCC1C(C)C. The molecule has 1 aliphatic heterocycles. The van der Waals surface area contributed by atoms with Gasteiger partial charge >= 0.3 is 0 Å². The summed E-state index contributed by atoms with van der Waals surface area (Å²) >= 11 is 0. The van der Waals surface area contributed by atoms with Gasteiger partial charge in [-0.3, -0.25) is 4.90 Å². The van der Waals surface area contributed by atoms with Gasteiger partial charge in [0.05, 0.1) is 0 Å². The molecule has 0 aromatic carbocycles. The van der Waals surface area contributed by atoms with Crippen molar-refractivity contribution in [3.05, 3.63) is 0 Å². The molecular weight excluding hydrogens is 220 g/mol. The maximum Gasteiger partial charge on any atom is 0.0278 e. The highest BCUT2D eigenvalue weighted by Gasteiger charge is 2.35. The lowest BCUT2D eigenvalue weighted by Crippen LogP contribution is -2.63. The number of hydrogen-bond acceptors (Lipinski definition) is 2. The molecule has 0 amide bonds. The minimum atomic E-state index is 0.289. The summed E-state index contributed by atoms with van der Waals surface area (Å²) in [5, 5.41) is 3.73. The van der Waals surface area contributed by atoms with Gasteiger partial charge in [0.15, 0.2) is 0 Å². The Kier molecular flexibility index (Phi) is 6.18. The van der Waals surface area contributed by atoms with Gasteiger partial charge in [-0.25, -0.2) is 0 Å². The number of unbranched alkanes of at least 4 members (excludes halogenated alkanes) is 2. The molecule has 2 unspecified atom stereocenters. The highest BCUT2D eigenvalue weighted by atomic mass is 15.3. The molecule has 1 rings (SSSR count). The molecule has 0 aromatic heterocycles. The van der Waals surface area contributed by atoms with Crippen molar-refractivity contribution in [2.24, 2.45) is 5.92 Å². The van der Waals surface area contributed by atoms with Gasteiger partial charge in [0.1, 0.15) is 0 Å². The van der Waals surface area contributed by atoms with Crippen LogP contribution in [0.3, 0.4) is 0 Å². The molecule has 1 N–H and O–H groups in total. The van der Waals surface area contributed by atoms with Crippen molar-refractivity contribution < 1.29 is 0 Å². The van der Waals surface area contributed by atoms with E-state index in [9.17, 15) is 0 Å². The minimum Gasteiger partial charge on any atom is -0.309 e. The molecule has 1 aliphatic rings. The van der Waals surface area contributed by atoms with Crippen LogP contribution in [0.15, 0.2) is 0 Å². The lowest BCUT2D eigenvalue weighted by atomic mass is 9.89. The van der Waals surface area contributed by atoms with Crippen molar-refractivity contribution in [3.63, 3.8) is 0 Å². The van der Waals surface area contributed by atoms with Gasteiger partial charge in [-0.05, 0) is 38.6 Å². The Morgan fingerprint density at radius 2 is 2.17 bits per heavy atom. The average molecular weight is 250 g/mol. The van der Waals surface area contributed by atoms with Crippen LogP contribution in [-0.4, -0.2) is 36.1 Å². The van der Waals surface area contributed by atoms with E-state index in [1.165, 1.54) is 25.9 Å². The molecule has 0 spiro atoms. The fourth-order valence-corrected chi connectivity index (χ4v) is 2.78. The zero-order chi connectivity index (χ0) is 13.6. The van der Waals surface area contributed by atoms with Crippen LogP contribution in [0.4, 0.5) is 0 Å². The predicted molar refractivity (Wildman–Crippen MR) is 79.6 cm³/mol. The summed E-state index contributed by atoms with van der Waals surface area (Å²) in [6.45, 7) is 12.8. The van der Waals surface area contributed by atoms with E-state index in [-0.39, 0.29) is 5.54 Å². The first-order valence-corrected chi connectivity index (χ1v) is 7.45. The van der Waals surface area contributed by atoms with Crippen LogP contribution in [0, 0.1) is 18.3 Å². The monoisotopic (exact) mass is 250 g/mol. The van der Waals surface area contributed by atoms with Gasteiger partial charge < -0.3 is 5.32 Å². The van der Waals surface area contributed by atoms with Crippen LogP contribution in [0.2, 0.25) is 0 Å². The third-order valence-electron chi connectivity index (χ3n) is 4.33. The van der Waals surface area contributed by atoms with E-state index in [2.05, 4.69) is 43.8 Å². The molecule has 1 saturated heterocycles. The second-order valence-electron chi connectivity index (χ2n) is 6.24. The minimum absolute atomic E-state index is 0.289. The number of rotatable bonds is 6. The first-order valence-electron chi connectivity index (χ1n) is 7.45. The summed E-state index contributed by atoms with van der Waals surface area (Å²) in [7, 11) is 0. The van der Waals surface area contributed by atoms with Gasteiger partial charge in [-0.1, -0.05) is 20.8 Å². The second kappa shape index (κ2) is 7.16. The molecule has 2 heteroatoms. The standard InChI is InChI=1S/C16H30N2/c1-6-8-9-10-11-18-13-16(5,7-2)17-12-15(18)14(3)4/h1,14-15,17H,7-13H2,2-5H3. The Bertz CT molecular complexity index is 279. The Labute approximate surface area is 114 Å². The lowest BCUT2D eigenvalue weighted by molar-refractivity contribution is 0.0591. The van der Waals surface area contributed by atoms with E-state index in [1.54, 1.807) is 0 Å². The number of terminal acetylenes is 1. The third-order valence-corrected chi connectivity index (χ3v) is 4.33. The van der Waals surface area contributed by atoms with Crippen LogP contribution < -0.4 is 5.32 Å². The second-order valence-corrected chi connectivity index (χ2v) is 6.24. The van der Waals surface area contributed by atoms with E-state index in [4.69, 9.17) is 6.42 Å². The summed E-state index contributed by atoms with van der Waals surface area (Å²) < 4.78 is 0. The molecule has 0 aromatic rings. The fourth-order valence-electron chi connectivity index (χ4n) is 2.78. The van der Waals surface area contributed by atoms with Crippen molar-refractivity contribution in [1.29, 1.82) is 0 Å². The number of hydrogen-bond donors (Lipinski definition) is 1. The van der Waals surface area contributed by atoms with Crippen molar-refractivity contribution in [2.45, 2.75) is 65.0 Å². The molecule has 0 radical (unpaired) electrons. The van der Waals surface area contributed by atoms with E-state index >= 15 is 0 Å². The smallest absolute Gasteiger partial charge is 0.0278 e. The highest BCUT2D eigenvalue weighted by Crippen LogP contribution is 2.23. The van der Waals surface area contributed by atoms with Gasteiger partial charge in [0.2, 0.25) is 0 Å². The maximum atomic E-state index is 5.31. The zero-order valence-electron chi connectivity index (χ0n) is 12.6. The molecule has 0 aliphatic carbocycles. The van der Waals surface area contributed by atoms with Crippen molar-refractivity contribution in [1.82, 2.24) is 10.2 Å². The normalized spacial score (nSPS) is 29.4. The maximum absolute atomic E-state index is 5.31. The van der Waals surface area contributed by atoms with Gasteiger partial charge in [-0.15, -0.1) is 12.3 Å². The van der Waals surface area contributed by atoms with Crippen LogP contribution >= 0.6 is 0 Å². The Hall–Kier alpha value is -0.520. The number of nitrogens with zero attached hydrogens (tertiary/aromatic N) is 1. The molecule has 18 heavy (non-hydrogen) atoms. The van der Waals surface area contributed by atoms with Crippen LogP contribution in [0.25, 0.3) is 0 Å². The summed E-state index contributed by atoms with van der Waals surface area (Å²) in [4.78, 5) is 2.68. The van der Waals surface area contributed by atoms with Gasteiger partial charge in [-0.2, -0.15) is 0 Å². The lowest BCUT2D eigenvalue weighted by Gasteiger charge is -2.47. The molecule has 1 fully saturated rings. The molecule has 104 valence electrons. The summed E-state index contributed by atoms with van der Waals surface area (Å²) in [6, 6.07) is 0.676. The van der Waals surface area contributed by atoms with E-state index in [1.807, 2.05) is 0 Å². The molecule has 0 saturated carbocycles. The quantitative estimate of drug-likeness (QED) is 0.576. The van der Waals surface area contributed by atoms with Crippen molar-refractivity contribution in [3.8, 4) is 12.3 Å². The third kappa shape index (κ3) is 4.30. The predicted octanol–water partition coefficient (Wildman–Crippen LogP) is 2.89. The average Bonchev–Trinajstić information content (AvgIpc) is 2.34. The van der Waals surface area contributed by atoms with Gasteiger partial charge in [0.25, 0.3) is 0 Å². The Morgan fingerprint density at radius 3 is 2.72 bits per heavy atom. The molecule has 1 heterocycles. The van der Waals surface area contributed by atoms with Crippen LogP contribution in [0.5, 0.6) is 0 Å². The Morgan fingerprint density at radius 1 is 1.44 bits per heavy atom. The molecular formula is C16H30N2. The summed E-state index contributed by atoms with van der Waals surface area (Å²) in [5.74, 6) is 3.45. The van der Waals surface area contributed by atoms with Crippen molar-refractivity contribution >= 4 is 0 Å². The van der Waals surface area contributed by atoms with Gasteiger partial charge in [0, 0.05) is 31.1 Å². The Balaban J connectivity index is 2.53. The summed E-state index contributed by atoms with van der Waals surface area (Å²) in [6.07, 6.45) is 9.82. The number of nitrogens with one attached hydrogen (secondary N) is 1. The first kappa shape index (κ1) is 15.5. The highest BCUT2D eigenvalue weighted by molar-refractivity contribution is 4.95. The van der Waals surface area contributed by atoms with Crippen molar-refractivity contribution in [2.75, 3.05) is 19.6 Å². The van der Waals surface area contributed by atoms with E-state index < -0.39 is 0 Å². The van der Waals surface area contributed by atoms with E-state index in [0.717, 1.165) is 19.4 Å². The summed E-state index contributed by atoms with van der Waals surface area (Å²) in [5.41, 5.74) is 0.289. The fraction of sp³-hybridized carbons (Fsp3) is 0.875.